The van der Waals surface area contributed by atoms with Gasteiger partial charge in [-0.1, -0.05) is 32.1 Å². The van der Waals surface area contributed by atoms with Gasteiger partial charge in [0.1, 0.15) is 4.88 Å². The van der Waals surface area contributed by atoms with Crippen LogP contribution in [0.2, 0.25) is 0 Å². The van der Waals surface area contributed by atoms with Gasteiger partial charge >= 0.3 is 5.97 Å². The lowest BCUT2D eigenvalue weighted by Gasteiger charge is -2.30. The molecule has 0 saturated carbocycles. The third-order valence-electron chi connectivity index (χ3n) is 3.57. The summed E-state index contributed by atoms with van der Waals surface area (Å²) in [5, 5.41) is 10.2. The summed E-state index contributed by atoms with van der Waals surface area (Å²) in [6, 6.07) is 0. The van der Waals surface area contributed by atoms with Gasteiger partial charge in [-0.3, -0.25) is 0 Å². The second-order valence-corrected chi connectivity index (χ2v) is 7.13. The number of carboxylic acids is 1. The van der Waals surface area contributed by atoms with Gasteiger partial charge in [0, 0.05) is 25.6 Å². The molecule has 5 nitrogen and oxygen atoms in total. The topological polar surface area (TPSA) is 62.7 Å². The number of hydrogen-bond donors (Lipinski definition) is 1. The fourth-order valence-electron chi connectivity index (χ4n) is 2.38. The second-order valence-electron chi connectivity index (χ2n) is 6.15. The molecular weight excluding hydrogens is 276 g/mol. The summed E-state index contributed by atoms with van der Waals surface area (Å²) >= 11 is 1.28. The third kappa shape index (κ3) is 3.12. The summed E-state index contributed by atoms with van der Waals surface area (Å²) in [6.45, 7) is 7.73. The van der Waals surface area contributed by atoms with Gasteiger partial charge in [-0.05, 0) is 12.8 Å². The van der Waals surface area contributed by atoms with Gasteiger partial charge < -0.3 is 14.7 Å². The van der Waals surface area contributed by atoms with Gasteiger partial charge in [0.15, 0.2) is 5.13 Å². The Morgan fingerprint density at radius 1 is 1.40 bits per heavy atom. The van der Waals surface area contributed by atoms with Crippen molar-refractivity contribution >= 4 is 22.4 Å². The van der Waals surface area contributed by atoms with Gasteiger partial charge in [0.05, 0.1) is 11.8 Å². The lowest BCUT2D eigenvalue weighted by Crippen LogP contribution is -2.36. The van der Waals surface area contributed by atoms with E-state index in [1.165, 1.54) is 11.3 Å². The first kappa shape index (κ1) is 15.3. The maximum Gasteiger partial charge on any atom is 0.347 e. The number of piperidine rings is 1. The normalized spacial score (nSPS) is 17.5. The van der Waals surface area contributed by atoms with Crippen LogP contribution in [0.3, 0.4) is 0 Å². The SMILES string of the molecule is COC1CCN(c2nc(C(C)(C)C)c(C(=O)O)s2)CC1. The fraction of sp³-hybridized carbons (Fsp3) is 0.714. The zero-order valence-electron chi connectivity index (χ0n) is 12.5. The summed E-state index contributed by atoms with van der Waals surface area (Å²) in [7, 11) is 1.74. The molecular formula is C14H22N2O3S. The minimum absolute atomic E-state index is 0.257. The summed E-state index contributed by atoms with van der Waals surface area (Å²) in [5.41, 5.74) is 0.423. The molecule has 0 radical (unpaired) electrons. The van der Waals surface area contributed by atoms with Crippen molar-refractivity contribution in [2.45, 2.75) is 45.1 Å². The Kier molecular flexibility index (Phi) is 4.34. The van der Waals surface area contributed by atoms with Crippen molar-refractivity contribution in [2.24, 2.45) is 0 Å². The van der Waals surface area contributed by atoms with Crippen LogP contribution < -0.4 is 4.90 Å². The van der Waals surface area contributed by atoms with Crippen molar-refractivity contribution in [3.8, 4) is 0 Å². The molecule has 1 N–H and O–H groups in total. The molecule has 0 aliphatic carbocycles. The maximum atomic E-state index is 11.4. The number of rotatable bonds is 3. The highest BCUT2D eigenvalue weighted by molar-refractivity contribution is 7.17. The fourth-order valence-corrected chi connectivity index (χ4v) is 3.55. The predicted octanol–water partition coefficient (Wildman–Crippen LogP) is 2.75. The highest BCUT2D eigenvalue weighted by Gasteiger charge is 2.29. The van der Waals surface area contributed by atoms with Gasteiger partial charge in [-0.15, -0.1) is 0 Å². The van der Waals surface area contributed by atoms with Crippen molar-refractivity contribution in [3.05, 3.63) is 10.6 Å². The number of anilines is 1. The molecule has 1 saturated heterocycles. The monoisotopic (exact) mass is 298 g/mol. The Morgan fingerprint density at radius 3 is 2.40 bits per heavy atom. The molecule has 2 rings (SSSR count). The van der Waals surface area contributed by atoms with E-state index in [1.807, 2.05) is 20.8 Å². The van der Waals surface area contributed by atoms with E-state index in [9.17, 15) is 9.90 Å². The Morgan fingerprint density at radius 2 is 2.00 bits per heavy atom. The van der Waals surface area contributed by atoms with E-state index in [1.54, 1.807) is 7.11 Å². The van der Waals surface area contributed by atoms with E-state index in [0.717, 1.165) is 31.1 Å². The molecule has 0 spiro atoms. The first-order valence-corrected chi connectivity index (χ1v) is 7.67. The van der Waals surface area contributed by atoms with Crippen molar-refractivity contribution in [1.82, 2.24) is 4.98 Å². The van der Waals surface area contributed by atoms with Crippen molar-refractivity contribution in [2.75, 3.05) is 25.1 Å². The zero-order chi connectivity index (χ0) is 14.9. The number of aromatic nitrogens is 1. The molecule has 0 bridgehead atoms. The van der Waals surface area contributed by atoms with E-state index in [2.05, 4.69) is 9.88 Å². The number of methoxy groups -OCH3 is 1. The molecule has 1 fully saturated rings. The van der Waals surface area contributed by atoms with Gasteiger partial charge in [0.2, 0.25) is 0 Å². The van der Waals surface area contributed by atoms with Crippen molar-refractivity contribution in [3.63, 3.8) is 0 Å². The molecule has 6 heteroatoms. The molecule has 0 unspecified atom stereocenters. The van der Waals surface area contributed by atoms with E-state index in [4.69, 9.17) is 4.74 Å². The van der Waals surface area contributed by atoms with Crippen LogP contribution in [0, 0.1) is 0 Å². The largest absolute Gasteiger partial charge is 0.477 e. The number of aromatic carboxylic acids is 1. The van der Waals surface area contributed by atoms with Gasteiger partial charge in [-0.2, -0.15) is 0 Å². The number of nitrogens with zero attached hydrogens (tertiary/aromatic N) is 2. The summed E-state index contributed by atoms with van der Waals surface area (Å²) in [4.78, 5) is 18.5. The number of carboxylic acid groups (broad SMARTS) is 1. The van der Waals surface area contributed by atoms with Crippen LogP contribution in [-0.2, 0) is 10.2 Å². The van der Waals surface area contributed by atoms with Gasteiger partial charge in [-0.25, -0.2) is 9.78 Å². The Labute approximate surface area is 123 Å². The number of ether oxygens (including phenoxy) is 1. The Hall–Kier alpha value is -1.14. The molecule has 2 heterocycles. The second kappa shape index (κ2) is 5.69. The minimum atomic E-state index is -0.884. The van der Waals surface area contributed by atoms with Crippen LogP contribution >= 0.6 is 11.3 Å². The third-order valence-corrected chi connectivity index (χ3v) is 4.67. The first-order chi connectivity index (χ1) is 9.32. The average Bonchev–Trinajstić information content (AvgIpc) is 2.84. The number of thiazole rings is 1. The van der Waals surface area contributed by atoms with E-state index >= 15 is 0 Å². The van der Waals surface area contributed by atoms with E-state index < -0.39 is 5.97 Å². The van der Waals surface area contributed by atoms with Crippen LogP contribution in [0.1, 0.15) is 49.0 Å². The standard InChI is InChI=1S/C14H22N2O3S/c1-14(2,3)11-10(12(17)18)20-13(15-11)16-7-5-9(19-4)6-8-16/h9H,5-8H2,1-4H3,(H,17,18). The maximum absolute atomic E-state index is 11.4. The van der Waals surface area contributed by atoms with Crippen molar-refractivity contribution < 1.29 is 14.6 Å². The number of carbonyl (C=O) groups is 1. The van der Waals surface area contributed by atoms with Crippen LogP contribution in [0.15, 0.2) is 0 Å². The first-order valence-electron chi connectivity index (χ1n) is 6.85. The summed E-state index contributed by atoms with van der Waals surface area (Å²) in [6.07, 6.45) is 2.24. The summed E-state index contributed by atoms with van der Waals surface area (Å²) < 4.78 is 5.36. The van der Waals surface area contributed by atoms with Crippen LogP contribution in [0.4, 0.5) is 5.13 Å². The molecule has 0 aromatic carbocycles. The predicted molar refractivity (Wildman–Crippen MR) is 80.0 cm³/mol. The average molecular weight is 298 g/mol. The molecule has 1 aromatic heterocycles. The van der Waals surface area contributed by atoms with E-state index in [0.29, 0.717) is 16.7 Å². The molecule has 112 valence electrons. The highest BCUT2D eigenvalue weighted by Crippen LogP contribution is 2.34. The highest BCUT2D eigenvalue weighted by atomic mass is 32.1. The smallest absolute Gasteiger partial charge is 0.347 e. The van der Waals surface area contributed by atoms with Crippen LogP contribution in [-0.4, -0.2) is 42.4 Å². The summed E-state index contributed by atoms with van der Waals surface area (Å²) in [5.74, 6) is -0.884. The Bertz CT molecular complexity index is 485. The minimum Gasteiger partial charge on any atom is -0.477 e. The van der Waals surface area contributed by atoms with E-state index in [-0.39, 0.29) is 5.41 Å². The lowest BCUT2D eigenvalue weighted by atomic mass is 9.91. The molecule has 0 atom stereocenters. The lowest BCUT2D eigenvalue weighted by molar-refractivity contribution is 0.0699. The molecule has 20 heavy (non-hydrogen) atoms. The van der Waals surface area contributed by atoms with Gasteiger partial charge in [0.25, 0.3) is 0 Å². The number of hydrogen-bond acceptors (Lipinski definition) is 5. The molecule has 1 aromatic rings. The van der Waals surface area contributed by atoms with Crippen LogP contribution in [0.5, 0.6) is 0 Å². The Balaban J connectivity index is 2.24. The van der Waals surface area contributed by atoms with Crippen LogP contribution in [0.25, 0.3) is 0 Å². The molecule has 0 amide bonds. The zero-order valence-corrected chi connectivity index (χ0v) is 13.3. The van der Waals surface area contributed by atoms with Crippen molar-refractivity contribution in [1.29, 1.82) is 0 Å². The quantitative estimate of drug-likeness (QED) is 0.929. The molecule has 1 aliphatic rings. The molecule has 1 aliphatic heterocycles.